The van der Waals surface area contributed by atoms with E-state index in [2.05, 4.69) is 9.97 Å². The Bertz CT molecular complexity index is 1050. The lowest BCUT2D eigenvalue weighted by molar-refractivity contribution is 0.0634. The second kappa shape index (κ2) is 5.81. The highest BCUT2D eigenvalue weighted by molar-refractivity contribution is 6.05. The number of likely N-dealkylation sites (tertiary alicyclic amines) is 1. The highest BCUT2D eigenvalue weighted by Gasteiger charge is 2.45. The third-order valence-electron chi connectivity index (χ3n) is 6.02. The maximum Gasteiger partial charge on any atom is 0.257 e. The second-order valence-corrected chi connectivity index (χ2v) is 7.79. The summed E-state index contributed by atoms with van der Waals surface area (Å²) < 4.78 is 5.82. The molecule has 1 unspecified atom stereocenters. The molecule has 1 atom stereocenters. The van der Waals surface area contributed by atoms with Crippen LogP contribution in [-0.2, 0) is 11.8 Å². The van der Waals surface area contributed by atoms with Gasteiger partial charge in [-0.05, 0) is 50.3 Å². The minimum Gasteiger partial charge on any atom is -0.461 e. The first kappa shape index (κ1) is 16.3. The predicted molar refractivity (Wildman–Crippen MR) is 103 cm³/mol. The highest BCUT2D eigenvalue weighted by Crippen LogP contribution is 2.44. The smallest absolute Gasteiger partial charge is 0.257 e. The molecule has 1 aliphatic carbocycles. The number of aryl methyl sites for hydroxylation is 2. The van der Waals surface area contributed by atoms with Crippen molar-refractivity contribution in [3.8, 4) is 0 Å². The number of benzene rings is 1. The highest BCUT2D eigenvalue weighted by atomic mass is 16.3. The van der Waals surface area contributed by atoms with E-state index in [1.807, 2.05) is 42.3 Å². The Morgan fingerprint density at radius 1 is 1.33 bits per heavy atom. The van der Waals surface area contributed by atoms with Gasteiger partial charge in [0.2, 0.25) is 5.95 Å². The van der Waals surface area contributed by atoms with E-state index < -0.39 is 0 Å². The Morgan fingerprint density at radius 3 is 3.11 bits per heavy atom. The summed E-state index contributed by atoms with van der Waals surface area (Å²) in [6.07, 6.45) is 5.78. The maximum absolute atomic E-state index is 13.4. The molecule has 5 rings (SSSR count). The molecule has 1 saturated heterocycles. The molecule has 27 heavy (non-hydrogen) atoms. The normalized spacial score (nSPS) is 21.7. The molecule has 2 aliphatic rings. The Kier molecular flexibility index (Phi) is 3.50. The van der Waals surface area contributed by atoms with Crippen LogP contribution in [-0.4, -0.2) is 33.9 Å². The molecule has 2 aromatic heterocycles. The molecular formula is C21H22N4O2. The molecule has 1 aromatic carbocycles. The van der Waals surface area contributed by atoms with E-state index in [0.29, 0.717) is 23.6 Å². The molecule has 1 spiro atoms. The van der Waals surface area contributed by atoms with Crippen molar-refractivity contribution < 1.29 is 9.21 Å². The summed E-state index contributed by atoms with van der Waals surface area (Å²) in [4.78, 5) is 24.0. The summed E-state index contributed by atoms with van der Waals surface area (Å²) in [5.74, 6) is 1.16. The van der Waals surface area contributed by atoms with E-state index in [4.69, 9.17) is 10.2 Å². The predicted octanol–water partition coefficient (Wildman–Crippen LogP) is 3.23. The molecule has 6 heteroatoms. The minimum absolute atomic E-state index is 0.0319. The molecule has 0 radical (unpaired) electrons. The van der Waals surface area contributed by atoms with Gasteiger partial charge >= 0.3 is 0 Å². The van der Waals surface area contributed by atoms with Crippen LogP contribution in [0.1, 0.15) is 46.6 Å². The summed E-state index contributed by atoms with van der Waals surface area (Å²) in [6, 6.07) is 7.73. The first-order valence-electron chi connectivity index (χ1n) is 9.46. The average Bonchev–Trinajstić information content (AvgIpc) is 3.21. The largest absolute Gasteiger partial charge is 0.461 e. The Labute approximate surface area is 157 Å². The van der Waals surface area contributed by atoms with Gasteiger partial charge in [-0.25, -0.2) is 9.97 Å². The number of piperidine rings is 1. The molecule has 3 heterocycles. The standard InChI is InChI=1S/C21H22N4O2/c1-13-10-14-4-2-5-16(17(14)27-13)19(26)25-9-3-7-21(12-25)8-6-15-11-23-20(22)24-18(15)21/h2,4-5,10-11H,3,6-9,12H2,1H3,(H2,22,23,24). The lowest BCUT2D eigenvalue weighted by Gasteiger charge is -2.40. The summed E-state index contributed by atoms with van der Waals surface area (Å²) in [5.41, 5.74) is 9.28. The van der Waals surface area contributed by atoms with Crippen molar-refractivity contribution in [2.75, 3.05) is 18.8 Å². The summed E-state index contributed by atoms with van der Waals surface area (Å²) in [5, 5.41) is 0.969. The van der Waals surface area contributed by atoms with Gasteiger partial charge in [-0.1, -0.05) is 12.1 Å². The van der Waals surface area contributed by atoms with E-state index in [1.54, 1.807) is 0 Å². The van der Waals surface area contributed by atoms with Crippen molar-refractivity contribution in [3.05, 3.63) is 53.0 Å². The van der Waals surface area contributed by atoms with Crippen molar-refractivity contribution in [1.82, 2.24) is 14.9 Å². The van der Waals surface area contributed by atoms with E-state index >= 15 is 0 Å². The molecule has 1 aliphatic heterocycles. The van der Waals surface area contributed by atoms with Gasteiger partial charge in [0.25, 0.3) is 5.91 Å². The molecule has 6 nitrogen and oxygen atoms in total. The number of fused-ring (bicyclic) bond motifs is 3. The number of nitrogen functional groups attached to an aromatic ring is 1. The number of aromatic nitrogens is 2. The fourth-order valence-corrected chi connectivity index (χ4v) is 4.79. The van der Waals surface area contributed by atoms with Crippen molar-refractivity contribution in [2.45, 2.75) is 38.0 Å². The minimum atomic E-state index is -0.104. The molecule has 1 fully saturated rings. The first-order chi connectivity index (χ1) is 13.1. The van der Waals surface area contributed by atoms with Gasteiger partial charge in [-0.3, -0.25) is 4.79 Å². The molecule has 1 amide bonds. The zero-order chi connectivity index (χ0) is 18.6. The number of carbonyl (C=O) groups is 1. The van der Waals surface area contributed by atoms with Crippen LogP contribution in [0.4, 0.5) is 5.95 Å². The fourth-order valence-electron chi connectivity index (χ4n) is 4.79. The fraction of sp³-hybridized carbons (Fsp3) is 0.381. The van der Waals surface area contributed by atoms with E-state index in [-0.39, 0.29) is 11.3 Å². The lowest BCUT2D eigenvalue weighted by Crippen LogP contribution is -2.48. The summed E-state index contributed by atoms with van der Waals surface area (Å²) in [6.45, 7) is 3.33. The van der Waals surface area contributed by atoms with Gasteiger partial charge in [0.1, 0.15) is 11.3 Å². The second-order valence-electron chi connectivity index (χ2n) is 7.79. The number of hydrogen-bond donors (Lipinski definition) is 1. The zero-order valence-electron chi connectivity index (χ0n) is 15.4. The van der Waals surface area contributed by atoms with Crippen LogP contribution in [0.2, 0.25) is 0 Å². The third-order valence-corrected chi connectivity index (χ3v) is 6.02. The number of rotatable bonds is 1. The number of nitrogens with zero attached hydrogens (tertiary/aromatic N) is 3. The Hall–Kier alpha value is -2.89. The van der Waals surface area contributed by atoms with Crippen LogP contribution < -0.4 is 5.73 Å². The van der Waals surface area contributed by atoms with Crippen LogP contribution in [0, 0.1) is 6.92 Å². The van der Waals surface area contributed by atoms with Gasteiger partial charge in [0.05, 0.1) is 11.3 Å². The van der Waals surface area contributed by atoms with E-state index in [0.717, 1.165) is 49.1 Å². The van der Waals surface area contributed by atoms with Crippen LogP contribution in [0.25, 0.3) is 11.0 Å². The number of nitrogens with two attached hydrogens (primary N) is 1. The number of carbonyl (C=O) groups excluding carboxylic acids is 1. The molecule has 0 saturated carbocycles. The first-order valence-corrected chi connectivity index (χ1v) is 9.46. The van der Waals surface area contributed by atoms with Gasteiger partial charge in [-0.2, -0.15) is 0 Å². The SMILES string of the molecule is Cc1cc2cccc(C(=O)N3CCCC4(CCc5cnc(N)nc54)C3)c2o1. The number of para-hydroxylation sites is 1. The van der Waals surface area contributed by atoms with Gasteiger partial charge in [0.15, 0.2) is 0 Å². The Morgan fingerprint density at radius 2 is 2.22 bits per heavy atom. The maximum atomic E-state index is 13.4. The topological polar surface area (TPSA) is 85.2 Å². The van der Waals surface area contributed by atoms with Crippen molar-refractivity contribution >= 4 is 22.8 Å². The van der Waals surface area contributed by atoms with Crippen LogP contribution in [0.3, 0.4) is 0 Å². The average molecular weight is 362 g/mol. The molecular weight excluding hydrogens is 340 g/mol. The number of furan rings is 1. The number of amides is 1. The van der Waals surface area contributed by atoms with Crippen LogP contribution in [0.15, 0.2) is 34.9 Å². The monoisotopic (exact) mass is 362 g/mol. The third kappa shape index (κ3) is 2.51. The summed E-state index contributed by atoms with van der Waals surface area (Å²) >= 11 is 0. The Balaban J connectivity index is 1.50. The zero-order valence-corrected chi connectivity index (χ0v) is 15.4. The quantitative estimate of drug-likeness (QED) is 0.718. The molecule has 0 bridgehead atoms. The van der Waals surface area contributed by atoms with Crippen molar-refractivity contribution in [2.24, 2.45) is 0 Å². The van der Waals surface area contributed by atoms with Gasteiger partial charge < -0.3 is 15.1 Å². The molecule has 138 valence electrons. The molecule has 2 N–H and O–H groups in total. The van der Waals surface area contributed by atoms with Crippen LogP contribution >= 0.6 is 0 Å². The van der Waals surface area contributed by atoms with E-state index in [1.165, 1.54) is 5.56 Å². The van der Waals surface area contributed by atoms with Crippen molar-refractivity contribution in [1.29, 1.82) is 0 Å². The lowest BCUT2D eigenvalue weighted by atomic mass is 9.77. The summed E-state index contributed by atoms with van der Waals surface area (Å²) in [7, 11) is 0. The van der Waals surface area contributed by atoms with Crippen LogP contribution in [0.5, 0.6) is 0 Å². The van der Waals surface area contributed by atoms with Crippen molar-refractivity contribution in [3.63, 3.8) is 0 Å². The number of hydrogen-bond acceptors (Lipinski definition) is 5. The van der Waals surface area contributed by atoms with E-state index in [9.17, 15) is 4.79 Å². The van der Waals surface area contributed by atoms with Gasteiger partial charge in [0, 0.05) is 30.1 Å². The molecule has 3 aromatic rings. The van der Waals surface area contributed by atoms with Gasteiger partial charge in [-0.15, -0.1) is 0 Å². The number of anilines is 1.